The van der Waals surface area contributed by atoms with Crippen LogP contribution in [0.2, 0.25) is 0 Å². The standard InChI is InChI=1S/C19H23N3O5/c1-3-25-19(24)10-18(23)22(12-17-20-8-9-21(17)2)11-14-13-26-15-6-4-5-7-16(15)27-14/h4-9,14H,3,10-13H2,1-2H3/t14-/m0/s1. The Hall–Kier alpha value is -3.03. The van der Waals surface area contributed by atoms with Crippen LogP contribution in [-0.4, -0.2) is 52.2 Å². The van der Waals surface area contributed by atoms with Crippen LogP contribution in [0.4, 0.5) is 0 Å². The van der Waals surface area contributed by atoms with Crippen LogP contribution in [0.1, 0.15) is 19.2 Å². The molecule has 27 heavy (non-hydrogen) atoms. The maximum Gasteiger partial charge on any atom is 0.315 e. The first-order valence-corrected chi connectivity index (χ1v) is 8.85. The third kappa shape index (κ3) is 4.78. The van der Waals surface area contributed by atoms with E-state index >= 15 is 0 Å². The third-order valence-corrected chi connectivity index (χ3v) is 4.20. The number of rotatable bonds is 7. The molecule has 1 amide bonds. The molecule has 144 valence electrons. The molecular weight excluding hydrogens is 350 g/mol. The quantitative estimate of drug-likeness (QED) is 0.541. The summed E-state index contributed by atoms with van der Waals surface area (Å²) in [5.41, 5.74) is 0. The first kappa shape index (κ1) is 18.8. The highest BCUT2D eigenvalue weighted by Crippen LogP contribution is 2.31. The molecule has 1 aromatic heterocycles. The number of amides is 1. The SMILES string of the molecule is CCOC(=O)CC(=O)N(Cc1nccn1C)C[C@H]1COc2ccccc2O1. The summed E-state index contributed by atoms with van der Waals surface area (Å²) < 4.78 is 18.4. The molecule has 0 radical (unpaired) electrons. The van der Waals surface area contributed by atoms with E-state index in [0.29, 0.717) is 23.9 Å². The molecule has 1 atom stereocenters. The topological polar surface area (TPSA) is 82.9 Å². The summed E-state index contributed by atoms with van der Waals surface area (Å²) in [5.74, 6) is 1.16. The molecule has 2 heterocycles. The van der Waals surface area contributed by atoms with Gasteiger partial charge < -0.3 is 23.7 Å². The Morgan fingerprint density at radius 1 is 1.33 bits per heavy atom. The van der Waals surface area contributed by atoms with Crippen molar-refractivity contribution in [3.05, 3.63) is 42.5 Å². The largest absolute Gasteiger partial charge is 0.486 e. The number of aryl methyl sites for hydroxylation is 1. The van der Waals surface area contributed by atoms with E-state index in [-0.39, 0.29) is 38.1 Å². The summed E-state index contributed by atoms with van der Waals surface area (Å²) in [6.07, 6.45) is 2.81. The molecule has 3 rings (SSSR count). The monoisotopic (exact) mass is 373 g/mol. The molecule has 1 aliphatic rings. The van der Waals surface area contributed by atoms with E-state index in [1.54, 1.807) is 24.2 Å². The molecule has 1 aromatic carbocycles. The zero-order valence-corrected chi connectivity index (χ0v) is 15.5. The Labute approximate surface area is 157 Å². The van der Waals surface area contributed by atoms with Gasteiger partial charge in [-0.05, 0) is 19.1 Å². The molecule has 0 N–H and O–H groups in total. The number of imidazole rings is 1. The fourth-order valence-corrected chi connectivity index (χ4v) is 2.82. The van der Waals surface area contributed by atoms with Gasteiger partial charge in [0.15, 0.2) is 17.6 Å². The van der Waals surface area contributed by atoms with Gasteiger partial charge in [0.2, 0.25) is 5.91 Å². The Bertz CT molecular complexity index is 804. The van der Waals surface area contributed by atoms with Crippen molar-refractivity contribution in [3.8, 4) is 11.5 Å². The van der Waals surface area contributed by atoms with Crippen molar-refractivity contribution < 1.29 is 23.8 Å². The predicted molar refractivity (Wildman–Crippen MR) is 96.2 cm³/mol. The van der Waals surface area contributed by atoms with E-state index in [0.717, 1.165) is 0 Å². The highest BCUT2D eigenvalue weighted by molar-refractivity contribution is 5.94. The molecule has 1 aliphatic heterocycles. The van der Waals surface area contributed by atoms with E-state index in [1.165, 1.54) is 0 Å². The van der Waals surface area contributed by atoms with Gasteiger partial charge in [0.1, 0.15) is 18.9 Å². The molecule has 8 heteroatoms. The van der Waals surface area contributed by atoms with Gasteiger partial charge in [-0.15, -0.1) is 0 Å². The van der Waals surface area contributed by atoms with Crippen LogP contribution >= 0.6 is 0 Å². The molecule has 2 aromatic rings. The van der Waals surface area contributed by atoms with Crippen LogP contribution in [0.15, 0.2) is 36.7 Å². The number of nitrogens with zero attached hydrogens (tertiary/aromatic N) is 3. The molecule has 0 unspecified atom stereocenters. The van der Waals surface area contributed by atoms with Crippen molar-refractivity contribution in [2.75, 3.05) is 19.8 Å². The van der Waals surface area contributed by atoms with Gasteiger partial charge >= 0.3 is 5.97 Å². The van der Waals surface area contributed by atoms with E-state index in [2.05, 4.69) is 4.98 Å². The van der Waals surface area contributed by atoms with Crippen molar-refractivity contribution in [2.45, 2.75) is 26.0 Å². The lowest BCUT2D eigenvalue weighted by atomic mass is 10.2. The van der Waals surface area contributed by atoms with Gasteiger partial charge in [-0.25, -0.2) is 4.98 Å². The number of carbonyl (C=O) groups is 2. The second-order valence-corrected chi connectivity index (χ2v) is 6.21. The minimum absolute atomic E-state index is 0.238. The second kappa shape index (κ2) is 8.57. The number of hydrogen-bond acceptors (Lipinski definition) is 6. The molecule has 0 saturated heterocycles. The number of carbonyl (C=O) groups excluding carboxylic acids is 2. The molecule has 0 spiro atoms. The molecular formula is C19H23N3O5. The van der Waals surface area contributed by atoms with Crippen molar-refractivity contribution in [1.82, 2.24) is 14.5 Å². The summed E-state index contributed by atoms with van der Waals surface area (Å²) in [7, 11) is 1.85. The highest BCUT2D eigenvalue weighted by atomic mass is 16.6. The van der Waals surface area contributed by atoms with Gasteiger partial charge in [0.25, 0.3) is 0 Å². The Morgan fingerprint density at radius 2 is 2.11 bits per heavy atom. The zero-order chi connectivity index (χ0) is 19.2. The molecule has 0 saturated carbocycles. The Kier molecular flexibility index (Phi) is 5.95. The number of aromatic nitrogens is 2. The van der Waals surface area contributed by atoms with Gasteiger partial charge in [-0.1, -0.05) is 12.1 Å². The van der Waals surface area contributed by atoms with E-state index in [1.807, 2.05) is 35.9 Å². The second-order valence-electron chi connectivity index (χ2n) is 6.21. The van der Waals surface area contributed by atoms with Crippen molar-refractivity contribution >= 4 is 11.9 Å². The summed E-state index contributed by atoms with van der Waals surface area (Å²) in [6.45, 7) is 2.81. The van der Waals surface area contributed by atoms with Crippen molar-refractivity contribution in [2.24, 2.45) is 7.05 Å². The predicted octanol–water partition coefficient (Wildman–Crippen LogP) is 1.54. The third-order valence-electron chi connectivity index (χ3n) is 4.20. The fourth-order valence-electron chi connectivity index (χ4n) is 2.82. The first-order chi connectivity index (χ1) is 13.1. The number of benzene rings is 1. The Balaban J connectivity index is 1.70. The lowest BCUT2D eigenvalue weighted by Crippen LogP contribution is -2.44. The maximum atomic E-state index is 12.7. The zero-order valence-electron chi connectivity index (χ0n) is 15.5. The number of fused-ring (bicyclic) bond motifs is 1. The number of esters is 1. The van der Waals surface area contributed by atoms with Crippen molar-refractivity contribution in [1.29, 1.82) is 0 Å². The summed E-state index contributed by atoms with van der Waals surface area (Å²) >= 11 is 0. The molecule has 0 bridgehead atoms. The lowest BCUT2D eigenvalue weighted by Gasteiger charge is -2.31. The van der Waals surface area contributed by atoms with Gasteiger partial charge in [0.05, 0.1) is 19.7 Å². The van der Waals surface area contributed by atoms with E-state index in [9.17, 15) is 9.59 Å². The summed E-state index contributed by atoms with van der Waals surface area (Å²) in [4.78, 5) is 30.2. The minimum Gasteiger partial charge on any atom is -0.486 e. The van der Waals surface area contributed by atoms with Crippen LogP contribution in [0.25, 0.3) is 0 Å². The number of hydrogen-bond donors (Lipinski definition) is 0. The van der Waals surface area contributed by atoms with Crippen LogP contribution in [-0.2, 0) is 27.9 Å². The average molecular weight is 373 g/mol. The number of ether oxygens (including phenoxy) is 3. The Morgan fingerprint density at radius 3 is 2.81 bits per heavy atom. The van der Waals surface area contributed by atoms with Crippen molar-refractivity contribution in [3.63, 3.8) is 0 Å². The summed E-state index contributed by atoms with van der Waals surface area (Å²) in [6, 6.07) is 7.40. The van der Waals surface area contributed by atoms with Crippen LogP contribution in [0.5, 0.6) is 11.5 Å². The smallest absolute Gasteiger partial charge is 0.315 e. The van der Waals surface area contributed by atoms with Gasteiger partial charge in [-0.2, -0.15) is 0 Å². The van der Waals surface area contributed by atoms with Crippen LogP contribution in [0.3, 0.4) is 0 Å². The summed E-state index contributed by atoms with van der Waals surface area (Å²) in [5, 5.41) is 0. The average Bonchev–Trinajstić information content (AvgIpc) is 3.06. The van der Waals surface area contributed by atoms with Crippen LogP contribution in [0, 0.1) is 0 Å². The highest BCUT2D eigenvalue weighted by Gasteiger charge is 2.27. The first-order valence-electron chi connectivity index (χ1n) is 8.85. The minimum atomic E-state index is -0.543. The van der Waals surface area contributed by atoms with E-state index < -0.39 is 5.97 Å². The molecule has 0 fully saturated rings. The molecule has 8 nitrogen and oxygen atoms in total. The normalized spacial score (nSPS) is 15.3. The fraction of sp³-hybridized carbons (Fsp3) is 0.421. The lowest BCUT2D eigenvalue weighted by molar-refractivity contribution is -0.149. The number of para-hydroxylation sites is 2. The van der Waals surface area contributed by atoms with Crippen LogP contribution < -0.4 is 9.47 Å². The van der Waals surface area contributed by atoms with Gasteiger partial charge in [-0.3, -0.25) is 9.59 Å². The maximum absolute atomic E-state index is 12.7. The van der Waals surface area contributed by atoms with Gasteiger partial charge in [0, 0.05) is 19.4 Å². The van der Waals surface area contributed by atoms with E-state index in [4.69, 9.17) is 14.2 Å². The molecule has 0 aliphatic carbocycles.